The van der Waals surface area contributed by atoms with E-state index < -0.39 is 11.7 Å². The van der Waals surface area contributed by atoms with Crippen molar-refractivity contribution in [1.82, 2.24) is 10.3 Å². The number of fused-ring (bicyclic) bond motifs is 1. The summed E-state index contributed by atoms with van der Waals surface area (Å²) >= 11 is 4.99. The maximum Gasteiger partial charge on any atom is 0.408 e. The first-order valence-corrected chi connectivity index (χ1v) is 7.46. The normalized spacial score (nSPS) is 11.6. The highest BCUT2D eigenvalue weighted by Crippen LogP contribution is 2.25. The molecular formula is C13H15BrN2O2S. The van der Waals surface area contributed by atoms with Crippen LogP contribution < -0.4 is 5.32 Å². The second-order valence-electron chi connectivity index (χ2n) is 5.08. The SMILES string of the molecule is CC(C)(C)OC(=O)NCc1nc2ccc(Br)cc2s1. The fourth-order valence-corrected chi connectivity index (χ4v) is 2.94. The number of nitrogens with one attached hydrogen (secondary N) is 1. The number of carbonyl (C=O) groups excluding carboxylic acids is 1. The smallest absolute Gasteiger partial charge is 0.408 e. The molecule has 0 aliphatic rings. The Morgan fingerprint density at radius 3 is 2.89 bits per heavy atom. The molecule has 0 aliphatic carbocycles. The van der Waals surface area contributed by atoms with E-state index in [-0.39, 0.29) is 0 Å². The van der Waals surface area contributed by atoms with Crippen LogP contribution in [0.3, 0.4) is 0 Å². The van der Waals surface area contributed by atoms with Gasteiger partial charge < -0.3 is 10.1 Å². The van der Waals surface area contributed by atoms with Crippen LogP contribution in [0.4, 0.5) is 4.79 Å². The van der Waals surface area contributed by atoms with Gasteiger partial charge in [0.25, 0.3) is 0 Å². The molecule has 0 atom stereocenters. The summed E-state index contributed by atoms with van der Waals surface area (Å²) in [5, 5.41) is 3.57. The van der Waals surface area contributed by atoms with Gasteiger partial charge in [0.1, 0.15) is 10.6 Å². The molecule has 1 aromatic carbocycles. The van der Waals surface area contributed by atoms with Crippen molar-refractivity contribution >= 4 is 43.6 Å². The van der Waals surface area contributed by atoms with Gasteiger partial charge in [-0.15, -0.1) is 11.3 Å². The number of benzene rings is 1. The van der Waals surface area contributed by atoms with Gasteiger partial charge in [0.15, 0.2) is 0 Å². The molecule has 19 heavy (non-hydrogen) atoms. The van der Waals surface area contributed by atoms with Gasteiger partial charge in [-0.25, -0.2) is 9.78 Å². The van der Waals surface area contributed by atoms with E-state index >= 15 is 0 Å². The van der Waals surface area contributed by atoms with E-state index in [1.807, 2.05) is 39.0 Å². The zero-order valence-corrected chi connectivity index (χ0v) is 13.4. The van der Waals surface area contributed by atoms with Crippen LogP contribution >= 0.6 is 27.3 Å². The molecule has 0 saturated heterocycles. The predicted octanol–water partition coefficient (Wildman–Crippen LogP) is 4.08. The van der Waals surface area contributed by atoms with Crippen LogP contribution in [0.1, 0.15) is 25.8 Å². The third kappa shape index (κ3) is 4.18. The zero-order valence-electron chi connectivity index (χ0n) is 11.0. The van der Waals surface area contributed by atoms with Crippen molar-refractivity contribution in [1.29, 1.82) is 0 Å². The highest BCUT2D eigenvalue weighted by molar-refractivity contribution is 9.10. The van der Waals surface area contributed by atoms with Gasteiger partial charge in [0.05, 0.1) is 16.8 Å². The number of ether oxygens (including phenoxy) is 1. The summed E-state index contributed by atoms with van der Waals surface area (Å²) in [4.78, 5) is 16.0. The molecule has 4 nitrogen and oxygen atoms in total. The molecule has 6 heteroatoms. The Balaban J connectivity index is 2.00. The predicted molar refractivity (Wildman–Crippen MR) is 80.4 cm³/mol. The number of hydrogen-bond acceptors (Lipinski definition) is 4. The van der Waals surface area contributed by atoms with E-state index in [0.717, 1.165) is 19.7 Å². The van der Waals surface area contributed by atoms with Crippen molar-refractivity contribution in [3.05, 3.63) is 27.7 Å². The minimum atomic E-state index is -0.484. The topological polar surface area (TPSA) is 51.2 Å². The van der Waals surface area contributed by atoms with Gasteiger partial charge in [0.2, 0.25) is 0 Å². The largest absolute Gasteiger partial charge is 0.444 e. The van der Waals surface area contributed by atoms with E-state index in [1.54, 1.807) is 11.3 Å². The molecule has 102 valence electrons. The third-order valence-electron chi connectivity index (χ3n) is 2.18. The van der Waals surface area contributed by atoms with E-state index in [1.165, 1.54) is 0 Å². The lowest BCUT2D eigenvalue weighted by Gasteiger charge is -2.19. The Morgan fingerprint density at radius 1 is 1.47 bits per heavy atom. The monoisotopic (exact) mass is 342 g/mol. The molecule has 1 heterocycles. The molecule has 0 bridgehead atoms. The fraction of sp³-hybridized carbons (Fsp3) is 0.385. The zero-order chi connectivity index (χ0) is 14.0. The first-order chi connectivity index (χ1) is 8.83. The summed E-state index contributed by atoms with van der Waals surface area (Å²) in [6, 6.07) is 5.92. The maximum absolute atomic E-state index is 11.5. The van der Waals surface area contributed by atoms with Gasteiger partial charge in [-0.05, 0) is 39.0 Å². The summed E-state index contributed by atoms with van der Waals surface area (Å²) in [5.41, 5.74) is 0.455. The third-order valence-corrected chi connectivity index (χ3v) is 3.69. The Kier molecular flexibility index (Phi) is 4.10. The van der Waals surface area contributed by atoms with Crippen LogP contribution in [0, 0.1) is 0 Å². The number of carbonyl (C=O) groups is 1. The molecular weight excluding hydrogens is 328 g/mol. The lowest BCUT2D eigenvalue weighted by molar-refractivity contribution is 0.0523. The molecule has 0 aliphatic heterocycles. The van der Waals surface area contributed by atoms with Crippen LogP contribution in [0.15, 0.2) is 22.7 Å². The maximum atomic E-state index is 11.5. The average molecular weight is 343 g/mol. The van der Waals surface area contributed by atoms with E-state index in [9.17, 15) is 4.79 Å². The number of alkyl carbamates (subject to hydrolysis) is 1. The van der Waals surface area contributed by atoms with Crippen molar-refractivity contribution in [2.45, 2.75) is 32.9 Å². The van der Waals surface area contributed by atoms with Crippen molar-refractivity contribution in [3.63, 3.8) is 0 Å². The molecule has 0 unspecified atom stereocenters. The number of thiazole rings is 1. The minimum absolute atomic E-state index is 0.381. The summed E-state index contributed by atoms with van der Waals surface area (Å²) in [5.74, 6) is 0. The fourth-order valence-electron chi connectivity index (χ4n) is 1.48. The molecule has 1 aromatic heterocycles. The summed E-state index contributed by atoms with van der Waals surface area (Å²) < 4.78 is 7.29. The van der Waals surface area contributed by atoms with Crippen molar-refractivity contribution < 1.29 is 9.53 Å². The summed E-state index contributed by atoms with van der Waals surface area (Å²) in [6.07, 6.45) is -0.423. The van der Waals surface area contributed by atoms with Crippen LogP contribution in [0.25, 0.3) is 10.2 Å². The molecule has 0 fully saturated rings. The average Bonchev–Trinajstić information content (AvgIpc) is 2.66. The number of halogens is 1. The molecule has 1 N–H and O–H groups in total. The Labute approximate surface area is 124 Å². The molecule has 0 radical (unpaired) electrons. The second kappa shape index (κ2) is 5.46. The number of aromatic nitrogens is 1. The standard InChI is InChI=1S/C13H15BrN2O2S/c1-13(2,3)18-12(17)15-7-11-16-9-5-4-8(14)6-10(9)19-11/h4-6H,7H2,1-3H3,(H,15,17). The number of amides is 1. The number of rotatable bonds is 2. The van der Waals surface area contributed by atoms with Crippen LogP contribution in [-0.2, 0) is 11.3 Å². The van der Waals surface area contributed by atoms with Gasteiger partial charge in [-0.1, -0.05) is 15.9 Å². The van der Waals surface area contributed by atoms with Crippen LogP contribution in [-0.4, -0.2) is 16.7 Å². The molecule has 0 saturated carbocycles. The first-order valence-electron chi connectivity index (χ1n) is 5.85. The molecule has 1 amide bonds. The lowest BCUT2D eigenvalue weighted by Crippen LogP contribution is -2.32. The molecule has 2 rings (SSSR count). The summed E-state index contributed by atoms with van der Waals surface area (Å²) in [7, 11) is 0. The lowest BCUT2D eigenvalue weighted by atomic mass is 10.2. The first kappa shape index (κ1) is 14.3. The van der Waals surface area contributed by atoms with E-state index in [0.29, 0.717) is 6.54 Å². The Morgan fingerprint density at radius 2 is 2.21 bits per heavy atom. The van der Waals surface area contributed by atoms with Crippen molar-refractivity contribution in [2.75, 3.05) is 0 Å². The molecule has 2 aromatic rings. The highest BCUT2D eigenvalue weighted by atomic mass is 79.9. The Hall–Kier alpha value is -1.14. The van der Waals surface area contributed by atoms with Gasteiger partial charge >= 0.3 is 6.09 Å². The molecule has 0 spiro atoms. The van der Waals surface area contributed by atoms with Gasteiger partial charge in [0, 0.05) is 4.47 Å². The number of hydrogen-bond donors (Lipinski definition) is 1. The second-order valence-corrected chi connectivity index (χ2v) is 7.11. The van der Waals surface area contributed by atoms with E-state index in [4.69, 9.17) is 4.74 Å². The number of nitrogens with zero attached hydrogens (tertiary/aromatic N) is 1. The highest BCUT2D eigenvalue weighted by Gasteiger charge is 2.16. The van der Waals surface area contributed by atoms with Gasteiger partial charge in [-0.2, -0.15) is 0 Å². The van der Waals surface area contributed by atoms with Crippen molar-refractivity contribution in [2.24, 2.45) is 0 Å². The summed E-state index contributed by atoms with van der Waals surface area (Å²) in [6.45, 7) is 5.89. The van der Waals surface area contributed by atoms with Gasteiger partial charge in [-0.3, -0.25) is 0 Å². The van der Waals surface area contributed by atoms with E-state index in [2.05, 4.69) is 26.2 Å². The Bertz CT molecular complexity index is 604. The van der Waals surface area contributed by atoms with Crippen molar-refractivity contribution in [3.8, 4) is 0 Å². The quantitative estimate of drug-likeness (QED) is 0.894. The van der Waals surface area contributed by atoms with Crippen LogP contribution in [0.2, 0.25) is 0 Å². The van der Waals surface area contributed by atoms with Crippen LogP contribution in [0.5, 0.6) is 0 Å². The minimum Gasteiger partial charge on any atom is -0.444 e.